The minimum atomic E-state index is -3.60. The highest BCUT2D eigenvalue weighted by molar-refractivity contribution is 7.89. The Morgan fingerprint density at radius 3 is 2.87 bits per heavy atom. The molecule has 1 aliphatic rings. The van der Waals surface area contributed by atoms with E-state index in [1.807, 2.05) is 43.4 Å². The minimum absolute atomic E-state index is 0.251. The Labute approximate surface area is 181 Å². The molecule has 1 aromatic carbocycles. The summed E-state index contributed by atoms with van der Waals surface area (Å²) in [6.07, 6.45) is 5.75. The van der Waals surface area contributed by atoms with E-state index in [9.17, 15) is 8.42 Å². The molecular formula is C21H28N5O2S2+. The summed E-state index contributed by atoms with van der Waals surface area (Å²) < 4.78 is 28.8. The lowest BCUT2D eigenvalue weighted by atomic mass is 9.98. The molecule has 1 saturated heterocycles. The van der Waals surface area contributed by atoms with Gasteiger partial charge in [0.2, 0.25) is 10.0 Å². The molecular weight excluding hydrogens is 418 g/mol. The predicted molar refractivity (Wildman–Crippen MR) is 120 cm³/mol. The number of nitrogens with one attached hydrogen (secondary N) is 2. The van der Waals surface area contributed by atoms with Crippen LogP contribution in [0.25, 0.3) is 10.9 Å². The van der Waals surface area contributed by atoms with Crippen LogP contribution < -0.4 is 14.5 Å². The van der Waals surface area contributed by atoms with E-state index in [-0.39, 0.29) is 4.90 Å². The fourth-order valence-electron chi connectivity index (χ4n) is 4.02. The summed E-state index contributed by atoms with van der Waals surface area (Å²) in [7, 11) is 0.404. The minimum Gasteiger partial charge on any atom is -0.354 e. The molecule has 160 valence electrons. The summed E-state index contributed by atoms with van der Waals surface area (Å²) in [5.41, 5.74) is 0.519. The van der Waals surface area contributed by atoms with Crippen LogP contribution in [-0.4, -0.2) is 52.1 Å². The van der Waals surface area contributed by atoms with Gasteiger partial charge >= 0.3 is 0 Å². The van der Waals surface area contributed by atoms with Gasteiger partial charge in [-0.1, -0.05) is 29.5 Å². The Balaban J connectivity index is 1.39. The second-order valence-electron chi connectivity index (χ2n) is 8.08. The number of fused-ring (bicyclic) bond motifs is 1. The fraction of sp³-hybridized carbons (Fsp3) is 0.429. The topological polar surface area (TPSA) is 79.6 Å². The van der Waals surface area contributed by atoms with Crippen LogP contribution in [0.5, 0.6) is 0 Å². The standard InChI is InChI=1S/C21H27N5O2S2/c1-25(2)21-23-13-18(29-21)15-26-11-5-6-16(14-26)12-24-30(27,28)19-9-3-7-17-8-4-10-22-20(17)19/h3-4,7-10,13,16,24H,5-6,11-12,14-15H2,1-2H3/p+1. The second kappa shape index (κ2) is 8.97. The van der Waals surface area contributed by atoms with Gasteiger partial charge in [-0.2, -0.15) is 0 Å². The molecule has 7 nitrogen and oxygen atoms in total. The average molecular weight is 447 g/mol. The fourth-order valence-corrected chi connectivity index (χ4v) is 6.22. The van der Waals surface area contributed by atoms with Crippen LogP contribution in [0.2, 0.25) is 0 Å². The van der Waals surface area contributed by atoms with E-state index in [1.54, 1.807) is 29.7 Å². The van der Waals surface area contributed by atoms with E-state index < -0.39 is 10.0 Å². The third kappa shape index (κ3) is 4.80. The van der Waals surface area contributed by atoms with Crippen molar-refractivity contribution < 1.29 is 13.3 Å². The smallest absolute Gasteiger partial charge is 0.242 e. The molecule has 2 aromatic heterocycles. The Morgan fingerprint density at radius 1 is 1.23 bits per heavy atom. The summed E-state index contributed by atoms with van der Waals surface area (Å²) in [6.45, 7) is 3.49. The number of likely N-dealkylation sites (tertiary alicyclic amines) is 1. The molecule has 2 N–H and O–H groups in total. The number of nitrogens with zero attached hydrogens (tertiary/aromatic N) is 3. The largest absolute Gasteiger partial charge is 0.354 e. The van der Waals surface area contributed by atoms with Gasteiger partial charge in [0, 0.05) is 44.3 Å². The van der Waals surface area contributed by atoms with E-state index in [1.165, 1.54) is 9.78 Å². The van der Waals surface area contributed by atoms with Crippen LogP contribution in [0.4, 0.5) is 5.13 Å². The molecule has 0 spiro atoms. The molecule has 0 aliphatic carbocycles. The molecule has 1 fully saturated rings. The Hall–Kier alpha value is -2.07. The van der Waals surface area contributed by atoms with Gasteiger partial charge in [0.1, 0.15) is 11.4 Å². The van der Waals surface area contributed by atoms with Crippen molar-refractivity contribution >= 4 is 37.4 Å². The number of rotatable bonds is 7. The first-order chi connectivity index (χ1) is 14.4. The van der Waals surface area contributed by atoms with Crippen molar-refractivity contribution in [2.45, 2.75) is 24.3 Å². The molecule has 2 unspecified atom stereocenters. The maximum atomic E-state index is 13.0. The van der Waals surface area contributed by atoms with Crippen LogP contribution in [0.1, 0.15) is 17.7 Å². The zero-order valence-corrected chi connectivity index (χ0v) is 19.0. The second-order valence-corrected chi connectivity index (χ2v) is 10.9. The number of sulfonamides is 1. The summed E-state index contributed by atoms with van der Waals surface area (Å²) in [4.78, 5) is 13.8. The summed E-state index contributed by atoms with van der Waals surface area (Å²) in [6, 6.07) is 8.97. The van der Waals surface area contributed by atoms with E-state index in [4.69, 9.17) is 0 Å². The van der Waals surface area contributed by atoms with Gasteiger partial charge in [0.25, 0.3) is 0 Å². The van der Waals surface area contributed by atoms with E-state index in [0.29, 0.717) is 18.0 Å². The summed E-state index contributed by atoms with van der Waals surface area (Å²) >= 11 is 1.73. The highest BCUT2D eigenvalue weighted by Gasteiger charge is 2.26. The van der Waals surface area contributed by atoms with Crippen LogP contribution in [-0.2, 0) is 16.6 Å². The Bertz CT molecular complexity index is 1110. The predicted octanol–water partition coefficient (Wildman–Crippen LogP) is 1.53. The number of hydrogen-bond acceptors (Lipinski definition) is 6. The molecule has 0 saturated carbocycles. The van der Waals surface area contributed by atoms with Crippen molar-refractivity contribution in [3.63, 3.8) is 0 Å². The first-order valence-corrected chi connectivity index (χ1v) is 12.5. The number of aromatic nitrogens is 2. The third-order valence-electron chi connectivity index (χ3n) is 5.52. The summed E-state index contributed by atoms with van der Waals surface area (Å²) in [5, 5.41) is 1.85. The lowest BCUT2D eigenvalue weighted by molar-refractivity contribution is -0.921. The van der Waals surface area contributed by atoms with E-state index in [0.717, 1.165) is 43.0 Å². The zero-order chi connectivity index (χ0) is 21.1. The SMILES string of the molecule is CN(C)c1ncc(C[NH+]2CCCC(CNS(=O)(=O)c3cccc4cccnc34)C2)s1. The maximum absolute atomic E-state index is 13.0. The first-order valence-electron chi connectivity index (χ1n) is 10.2. The molecule has 2 atom stereocenters. The number of thiazole rings is 1. The van der Waals surface area contributed by atoms with Crippen molar-refractivity contribution in [1.82, 2.24) is 14.7 Å². The van der Waals surface area contributed by atoms with Crippen LogP contribution in [0.15, 0.2) is 47.6 Å². The third-order valence-corrected chi connectivity index (χ3v) is 8.14. The van der Waals surface area contributed by atoms with Gasteiger partial charge in [0.05, 0.1) is 23.5 Å². The summed E-state index contributed by atoms with van der Waals surface area (Å²) in [5.74, 6) is 0.327. The molecule has 3 aromatic rings. The van der Waals surface area contributed by atoms with Crippen molar-refractivity contribution in [3.8, 4) is 0 Å². The lowest BCUT2D eigenvalue weighted by Crippen LogP contribution is -3.12. The van der Waals surface area contributed by atoms with Crippen molar-refractivity contribution in [2.75, 3.05) is 38.6 Å². The van der Waals surface area contributed by atoms with Gasteiger partial charge in [-0.25, -0.2) is 18.1 Å². The number of anilines is 1. The number of piperidine rings is 1. The average Bonchev–Trinajstić information content (AvgIpc) is 3.21. The lowest BCUT2D eigenvalue weighted by Gasteiger charge is -2.29. The van der Waals surface area contributed by atoms with E-state index in [2.05, 4.69) is 14.7 Å². The maximum Gasteiger partial charge on any atom is 0.242 e. The van der Waals surface area contributed by atoms with Crippen LogP contribution in [0.3, 0.4) is 0 Å². The van der Waals surface area contributed by atoms with Crippen molar-refractivity contribution in [2.24, 2.45) is 5.92 Å². The molecule has 0 bridgehead atoms. The Kier molecular flexibility index (Phi) is 6.33. The normalized spacial score (nSPS) is 19.8. The van der Waals surface area contributed by atoms with Gasteiger partial charge < -0.3 is 9.80 Å². The number of benzene rings is 1. The number of quaternary nitrogens is 1. The molecule has 3 heterocycles. The van der Waals surface area contributed by atoms with Crippen LogP contribution >= 0.6 is 11.3 Å². The van der Waals surface area contributed by atoms with Gasteiger partial charge in [-0.05, 0) is 25.0 Å². The van der Waals surface area contributed by atoms with Crippen molar-refractivity contribution in [3.05, 3.63) is 47.6 Å². The van der Waals surface area contributed by atoms with E-state index >= 15 is 0 Å². The zero-order valence-electron chi connectivity index (χ0n) is 17.3. The monoisotopic (exact) mass is 446 g/mol. The Morgan fingerprint density at radius 2 is 2.07 bits per heavy atom. The van der Waals surface area contributed by atoms with Crippen molar-refractivity contribution in [1.29, 1.82) is 0 Å². The van der Waals surface area contributed by atoms with Gasteiger partial charge in [-0.3, -0.25) is 4.98 Å². The molecule has 9 heteroatoms. The molecule has 30 heavy (non-hydrogen) atoms. The number of para-hydroxylation sites is 1. The quantitative estimate of drug-likeness (QED) is 0.575. The van der Waals surface area contributed by atoms with Crippen LogP contribution in [0, 0.1) is 5.92 Å². The highest BCUT2D eigenvalue weighted by atomic mass is 32.2. The van der Waals surface area contributed by atoms with Gasteiger partial charge in [-0.15, -0.1) is 0 Å². The molecule has 0 radical (unpaired) electrons. The van der Waals surface area contributed by atoms with Gasteiger partial charge in [0.15, 0.2) is 5.13 Å². The molecule has 1 aliphatic heterocycles. The molecule has 0 amide bonds. The highest BCUT2D eigenvalue weighted by Crippen LogP contribution is 2.21. The molecule has 4 rings (SSSR count). The first kappa shape index (κ1) is 21.2. The number of pyridine rings is 1. The number of hydrogen-bond donors (Lipinski definition) is 2.